The molecule has 1 aromatic carbocycles. The van der Waals surface area contributed by atoms with Crippen LogP contribution in [0.5, 0.6) is 5.75 Å². The van der Waals surface area contributed by atoms with Gasteiger partial charge >= 0.3 is 0 Å². The van der Waals surface area contributed by atoms with Gasteiger partial charge in [-0.15, -0.1) is 0 Å². The molecule has 0 spiro atoms. The molecule has 0 bridgehead atoms. The van der Waals surface area contributed by atoms with Crippen LogP contribution in [-0.2, 0) is 11.2 Å². The van der Waals surface area contributed by atoms with Gasteiger partial charge in [0.2, 0.25) is 5.91 Å². The minimum Gasteiger partial charge on any atom is -0.497 e. The van der Waals surface area contributed by atoms with Gasteiger partial charge in [-0.1, -0.05) is 12.1 Å². The lowest BCUT2D eigenvalue weighted by Gasteiger charge is -2.20. The Bertz CT molecular complexity index is 389. The number of ether oxygens (including phenoxy) is 1. The van der Waals surface area contributed by atoms with Crippen molar-refractivity contribution < 1.29 is 9.53 Å². The van der Waals surface area contributed by atoms with Crippen LogP contribution in [0.3, 0.4) is 0 Å². The number of hydrogen-bond acceptors (Lipinski definition) is 3. The summed E-state index contributed by atoms with van der Waals surface area (Å²) in [6, 6.07) is 8.03. The van der Waals surface area contributed by atoms with E-state index in [4.69, 9.17) is 4.74 Å². The summed E-state index contributed by atoms with van der Waals surface area (Å²) in [5.41, 5.74) is 1.24. The zero-order valence-corrected chi connectivity index (χ0v) is 10.8. The van der Waals surface area contributed by atoms with E-state index >= 15 is 0 Å². The Labute approximate surface area is 108 Å². The molecule has 0 aliphatic carbocycles. The Morgan fingerprint density at radius 2 is 2.06 bits per heavy atom. The summed E-state index contributed by atoms with van der Waals surface area (Å²) >= 11 is 0. The average Bonchev–Trinajstić information content (AvgIpc) is 2.62. The molecule has 0 atom stereocenters. The lowest BCUT2D eigenvalue weighted by molar-refractivity contribution is -0.130. The monoisotopic (exact) mass is 248 g/mol. The molecular formula is C14H20N2O2. The highest BCUT2D eigenvalue weighted by Gasteiger charge is 2.15. The molecule has 1 aromatic rings. The van der Waals surface area contributed by atoms with Gasteiger partial charge in [-0.05, 0) is 24.1 Å². The Morgan fingerprint density at radius 1 is 1.28 bits per heavy atom. The average molecular weight is 248 g/mol. The number of carbonyl (C=O) groups is 1. The number of nitrogens with zero attached hydrogens (tertiary/aromatic N) is 1. The molecule has 1 aliphatic heterocycles. The van der Waals surface area contributed by atoms with Crippen LogP contribution in [0.1, 0.15) is 12.0 Å². The van der Waals surface area contributed by atoms with Crippen LogP contribution in [-0.4, -0.2) is 44.1 Å². The number of carbonyl (C=O) groups excluding carboxylic acids is 1. The lowest BCUT2D eigenvalue weighted by atomic mass is 10.1. The van der Waals surface area contributed by atoms with Gasteiger partial charge in [0.15, 0.2) is 0 Å². The number of rotatable bonds is 4. The second-order valence-corrected chi connectivity index (χ2v) is 4.48. The molecule has 2 rings (SSSR count). The maximum atomic E-state index is 11.8. The highest BCUT2D eigenvalue weighted by Crippen LogP contribution is 2.12. The van der Waals surface area contributed by atoms with E-state index in [1.54, 1.807) is 7.11 Å². The Hall–Kier alpha value is -1.55. The molecule has 0 radical (unpaired) electrons. The van der Waals surface area contributed by atoms with Crippen molar-refractivity contribution in [3.63, 3.8) is 0 Å². The van der Waals surface area contributed by atoms with Crippen LogP contribution in [0.2, 0.25) is 0 Å². The molecule has 4 nitrogen and oxygen atoms in total. The first kappa shape index (κ1) is 12.9. The standard InChI is InChI=1S/C14H20N2O2/c1-18-13-4-2-12(3-5-13)7-10-16-11-9-15-8-6-14(16)17/h2-5,15H,6-11H2,1H3. The van der Waals surface area contributed by atoms with Gasteiger partial charge in [0.25, 0.3) is 0 Å². The molecule has 0 saturated carbocycles. The van der Waals surface area contributed by atoms with Crippen molar-refractivity contribution in [2.24, 2.45) is 0 Å². The third-order valence-corrected chi connectivity index (χ3v) is 3.26. The SMILES string of the molecule is COc1ccc(CCN2CCNCCC2=O)cc1. The fourth-order valence-electron chi connectivity index (χ4n) is 2.11. The highest BCUT2D eigenvalue weighted by molar-refractivity contribution is 5.76. The molecule has 1 fully saturated rings. The van der Waals surface area contributed by atoms with Gasteiger partial charge in [-0.25, -0.2) is 0 Å². The van der Waals surface area contributed by atoms with E-state index in [1.807, 2.05) is 17.0 Å². The first-order chi connectivity index (χ1) is 8.79. The summed E-state index contributed by atoms with van der Waals surface area (Å²) in [4.78, 5) is 13.8. The summed E-state index contributed by atoms with van der Waals surface area (Å²) in [5.74, 6) is 1.13. The molecule has 1 aliphatic rings. The third-order valence-electron chi connectivity index (χ3n) is 3.26. The van der Waals surface area contributed by atoms with Crippen molar-refractivity contribution in [1.82, 2.24) is 10.2 Å². The fourth-order valence-corrected chi connectivity index (χ4v) is 2.11. The van der Waals surface area contributed by atoms with E-state index in [0.29, 0.717) is 6.42 Å². The van der Waals surface area contributed by atoms with Crippen LogP contribution in [0.25, 0.3) is 0 Å². The second kappa shape index (κ2) is 6.40. The molecule has 18 heavy (non-hydrogen) atoms. The predicted octanol–water partition coefficient (Wildman–Crippen LogP) is 1.06. The molecule has 1 N–H and O–H groups in total. The first-order valence-corrected chi connectivity index (χ1v) is 6.41. The molecule has 0 aromatic heterocycles. The number of methoxy groups -OCH3 is 1. The molecule has 1 heterocycles. The van der Waals surface area contributed by atoms with E-state index < -0.39 is 0 Å². The number of benzene rings is 1. The number of nitrogens with one attached hydrogen (secondary N) is 1. The van der Waals surface area contributed by atoms with Crippen molar-refractivity contribution in [1.29, 1.82) is 0 Å². The summed E-state index contributed by atoms with van der Waals surface area (Å²) in [7, 11) is 1.66. The smallest absolute Gasteiger partial charge is 0.223 e. The van der Waals surface area contributed by atoms with Crippen molar-refractivity contribution in [2.45, 2.75) is 12.8 Å². The van der Waals surface area contributed by atoms with Gasteiger partial charge < -0.3 is 15.0 Å². The molecule has 4 heteroatoms. The molecular weight excluding hydrogens is 228 g/mol. The zero-order valence-electron chi connectivity index (χ0n) is 10.8. The van der Waals surface area contributed by atoms with E-state index in [0.717, 1.165) is 38.3 Å². The van der Waals surface area contributed by atoms with Crippen molar-refractivity contribution >= 4 is 5.91 Å². The van der Waals surface area contributed by atoms with Crippen LogP contribution >= 0.6 is 0 Å². The van der Waals surface area contributed by atoms with Crippen molar-refractivity contribution in [2.75, 3.05) is 33.3 Å². The fraction of sp³-hybridized carbons (Fsp3) is 0.500. The van der Waals surface area contributed by atoms with E-state index in [2.05, 4.69) is 17.4 Å². The normalized spacial score (nSPS) is 16.5. The highest BCUT2D eigenvalue weighted by atomic mass is 16.5. The number of amides is 1. The third kappa shape index (κ3) is 3.47. The second-order valence-electron chi connectivity index (χ2n) is 4.48. The topological polar surface area (TPSA) is 41.6 Å². The zero-order chi connectivity index (χ0) is 12.8. The minimum atomic E-state index is 0.258. The van der Waals surface area contributed by atoms with Crippen LogP contribution in [0.4, 0.5) is 0 Å². The maximum Gasteiger partial charge on any atom is 0.223 e. The molecule has 1 saturated heterocycles. The quantitative estimate of drug-likeness (QED) is 0.866. The van der Waals surface area contributed by atoms with Gasteiger partial charge in [-0.3, -0.25) is 4.79 Å². The largest absolute Gasteiger partial charge is 0.497 e. The maximum absolute atomic E-state index is 11.8. The predicted molar refractivity (Wildman–Crippen MR) is 70.8 cm³/mol. The van der Waals surface area contributed by atoms with E-state index in [9.17, 15) is 4.79 Å². The van der Waals surface area contributed by atoms with Gasteiger partial charge in [0.1, 0.15) is 5.75 Å². The number of hydrogen-bond donors (Lipinski definition) is 1. The Kier molecular flexibility index (Phi) is 4.59. The first-order valence-electron chi connectivity index (χ1n) is 6.41. The Balaban J connectivity index is 1.87. The molecule has 98 valence electrons. The summed E-state index contributed by atoms with van der Waals surface area (Å²) in [5, 5.41) is 3.24. The van der Waals surface area contributed by atoms with Gasteiger partial charge in [-0.2, -0.15) is 0 Å². The summed E-state index contributed by atoms with van der Waals surface area (Å²) < 4.78 is 5.12. The minimum absolute atomic E-state index is 0.258. The van der Waals surface area contributed by atoms with Crippen LogP contribution in [0.15, 0.2) is 24.3 Å². The summed E-state index contributed by atoms with van der Waals surface area (Å²) in [6.07, 6.45) is 1.51. The van der Waals surface area contributed by atoms with E-state index in [-0.39, 0.29) is 5.91 Å². The molecule has 0 unspecified atom stereocenters. The van der Waals surface area contributed by atoms with Gasteiger partial charge in [0.05, 0.1) is 7.11 Å². The molecule has 1 amide bonds. The summed E-state index contributed by atoms with van der Waals surface area (Å²) in [6.45, 7) is 3.31. The van der Waals surface area contributed by atoms with Crippen LogP contribution < -0.4 is 10.1 Å². The Morgan fingerprint density at radius 3 is 2.78 bits per heavy atom. The van der Waals surface area contributed by atoms with Crippen LogP contribution in [0, 0.1) is 0 Å². The van der Waals surface area contributed by atoms with Gasteiger partial charge in [0, 0.05) is 32.6 Å². The lowest BCUT2D eigenvalue weighted by Crippen LogP contribution is -2.34. The van der Waals surface area contributed by atoms with Crippen molar-refractivity contribution in [3.8, 4) is 5.75 Å². The van der Waals surface area contributed by atoms with E-state index in [1.165, 1.54) is 5.56 Å². The van der Waals surface area contributed by atoms with Crippen molar-refractivity contribution in [3.05, 3.63) is 29.8 Å².